The van der Waals surface area contributed by atoms with Gasteiger partial charge in [-0.15, -0.1) is 0 Å². The van der Waals surface area contributed by atoms with Gasteiger partial charge in [-0.25, -0.2) is 9.18 Å². The summed E-state index contributed by atoms with van der Waals surface area (Å²) in [5, 5.41) is 0. The van der Waals surface area contributed by atoms with E-state index in [1.807, 2.05) is 0 Å². The van der Waals surface area contributed by atoms with E-state index in [2.05, 4.69) is 4.74 Å². The molecule has 2 saturated carbocycles. The summed E-state index contributed by atoms with van der Waals surface area (Å²) in [6.07, 6.45) is -0.433. The van der Waals surface area contributed by atoms with Crippen LogP contribution in [0, 0.1) is 11.8 Å². The summed E-state index contributed by atoms with van der Waals surface area (Å²) in [5.74, 6) is -4.44. The van der Waals surface area contributed by atoms with Crippen molar-refractivity contribution in [2.75, 3.05) is 7.11 Å². The Kier molecular flexibility index (Phi) is 2.21. The Morgan fingerprint density at radius 3 is 2.44 bits per heavy atom. The fourth-order valence-corrected chi connectivity index (χ4v) is 3.30. The van der Waals surface area contributed by atoms with Gasteiger partial charge >= 0.3 is 5.97 Å². The summed E-state index contributed by atoms with van der Waals surface area (Å²) in [4.78, 5) is 23.3. The smallest absolute Gasteiger partial charge is 0.344 e. The second-order valence-corrected chi connectivity index (χ2v) is 5.32. The van der Waals surface area contributed by atoms with Crippen molar-refractivity contribution in [3.8, 4) is 0 Å². The molecule has 0 bridgehead atoms. The summed E-state index contributed by atoms with van der Waals surface area (Å²) < 4.78 is 30.3. The molecule has 0 radical (unpaired) electrons. The highest BCUT2D eigenvalue weighted by molar-refractivity contribution is 6.01. The van der Waals surface area contributed by atoms with Crippen molar-refractivity contribution in [3.05, 3.63) is 0 Å². The van der Waals surface area contributed by atoms with E-state index in [9.17, 15) is 14.0 Å². The van der Waals surface area contributed by atoms with Crippen LogP contribution in [0.1, 0.15) is 20.3 Å². The molecule has 0 aromatic rings. The van der Waals surface area contributed by atoms with Crippen molar-refractivity contribution in [1.82, 2.24) is 0 Å². The van der Waals surface area contributed by atoms with E-state index in [1.54, 1.807) is 13.8 Å². The van der Waals surface area contributed by atoms with Gasteiger partial charge in [0.1, 0.15) is 5.78 Å². The van der Waals surface area contributed by atoms with Crippen LogP contribution in [0.5, 0.6) is 0 Å². The minimum absolute atomic E-state index is 0.0136. The third-order valence-corrected chi connectivity index (χ3v) is 4.30. The number of Topliss-reactive ketones (excluding diaryl/α,β-unsaturated/α-hetero) is 1. The third-order valence-electron chi connectivity index (χ3n) is 4.30. The highest BCUT2D eigenvalue weighted by Gasteiger charge is 2.87. The van der Waals surface area contributed by atoms with Crippen LogP contribution in [0.25, 0.3) is 0 Å². The quantitative estimate of drug-likeness (QED) is 0.645. The molecule has 3 rings (SSSR count). The molecular formula is C12H15FO5. The lowest BCUT2D eigenvalue weighted by Gasteiger charge is -2.26. The Labute approximate surface area is 104 Å². The number of hydrogen-bond acceptors (Lipinski definition) is 5. The third kappa shape index (κ3) is 1.17. The molecule has 0 aromatic heterocycles. The second-order valence-electron chi connectivity index (χ2n) is 5.32. The number of rotatable bonds is 1. The number of methoxy groups -OCH3 is 1. The van der Waals surface area contributed by atoms with Gasteiger partial charge in [-0.3, -0.25) is 4.79 Å². The first-order chi connectivity index (χ1) is 8.36. The SMILES string of the molecule is COC(=O)[C@]1(F)[C@H]2C(=O)CC3(O[C@H](C)[C@@H](C)O3)[C@H]21. The summed E-state index contributed by atoms with van der Waals surface area (Å²) in [6, 6.07) is 0. The molecule has 1 heterocycles. The number of carbonyl (C=O) groups is 2. The van der Waals surface area contributed by atoms with Crippen molar-refractivity contribution in [2.45, 2.75) is 43.9 Å². The summed E-state index contributed by atoms with van der Waals surface area (Å²) in [7, 11) is 1.11. The highest BCUT2D eigenvalue weighted by atomic mass is 19.1. The second kappa shape index (κ2) is 3.30. The molecule has 5 nitrogen and oxygen atoms in total. The summed E-state index contributed by atoms with van der Waals surface area (Å²) in [6.45, 7) is 3.61. The Hall–Kier alpha value is -1.01. The molecule has 5 atom stereocenters. The Morgan fingerprint density at radius 2 is 1.94 bits per heavy atom. The van der Waals surface area contributed by atoms with Crippen LogP contribution in [0.15, 0.2) is 0 Å². The molecule has 18 heavy (non-hydrogen) atoms. The van der Waals surface area contributed by atoms with Gasteiger partial charge in [0.15, 0.2) is 5.79 Å². The topological polar surface area (TPSA) is 61.8 Å². The maximum absolute atomic E-state index is 14.5. The van der Waals surface area contributed by atoms with Crippen molar-refractivity contribution in [2.24, 2.45) is 11.8 Å². The zero-order valence-electron chi connectivity index (χ0n) is 10.4. The van der Waals surface area contributed by atoms with Crippen molar-refractivity contribution in [3.63, 3.8) is 0 Å². The van der Waals surface area contributed by atoms with E-state index >= 15 is 0 Å². The molecule has 0 unspecified atom stereocenters. The van der Waals surface area contributed by atoms with E-state index < -0.39 is 29.3 Å². The molecule has 0 amide bonds. The number of hydrogen-bond donors (Lipinski definition) is 0. The number of esters is 1. The molecule has 1 spiro atoms. The minimum Gasteiger partial charge on any atom is -0.467 e. The average molecular weight is 258 g/mol. The molecule has 3 fully saturated rings. The number of fused-ring (bicyclic) bond motifs is 2. The summed E-state index contributed by atoms with van der Waals surface area (Å²) in [5.41, 5.74) is -2.27. The van der Waals surface area contributed by atoms with E-state index in [1.165, 1.54) is 0 Å². The largest absolute Gasteiger partial charge is 0.467 e. The minimum atomic E-state index is -2.27. The number of ether oxygens (including phenoxy) is 3. The van der Waals surface area contributed by atoms with Gasteiger partial charge in [0, 0.05) is 0 Å². The van der Waals surface area contributed by atoms with Crippen LogP contribution in [0.4, 0.5) is 4.39 Å². The van der Waals surface area contributed by atoms with Gasteiger partial charge in [0.25, 0.3) is 0 Å². The van der Waals surface area contributed by atoms with Crippen LogP contribution in [0.3, 0.4) is 0 Å². The predicted octanol–water partition coefficient (Wildman–Crippen LogP) is 0.607. The van der Waals surface area contributed by atoms with Gasteiger partial charge in [0.2, 0.25) is 5.67 Å². The lowest BCUT2D eigenvalue weighted by molar-refractivity contribution is -0.197. The molecule has 1 aliphatic heterocycles. The van der Waals surface area contributed by atoms with Gasteiger partial charge in [-0.1, -0.05) is 0 Å². The molecule has 2 aliphatic carbocycles. The lowest BCUT2D eigenvalue weighted by Crippen LogP contribution is -2.41. The van der Waals surface area contributed by atoms with Crippen LogP contribution in [-0.4, -0.2) is 42.5 Å². The van der Waals surface area contributed by atoms with Crippen LogP contribution < -0.4 is 0 Å². The van der Waals surface area contributed by atoms with Crippen molar-refractivity contribution < 1.29 is 28.2 Å². The maximum atomic E-state index is 14.5. The zero-order chi connectivity index (χ0) is 13.3. The number of ketones is 1. The molecule has 0 N–H and O–H groups in total. The Balaban J connectivity index is 1.93. The predicted molar refractivity (Wildman–Crippen MR) is 56.3 cm³/mol. The number of alkyl halides is 1. The molecule has 1 saturated heterocycles. The summed E-state index contributed by atoms with van der Waals surface area (Å²) >= 11 is 0. The first-order valence-corrected chi connectivity index (χ1v) is 6.02. The monoisotopic (exact) mass is 258 g/mol. The van der Waals surface area contributed by atoms with Crippen LogP contribution in [0.2, 0.25) is 0 Å². The zero-order valence-corrected chi connectivity index (χ0v) is 10.4. The Bertz CT molecular complexity index is 426. The molecular weight excluding hydrogens is 243 g/mol. The van der Waals surface area contributed by atoms with Crippen molar-refractivity contribution in [1.29, 1.82) is 0 Å². The molecule has 3 aliphatic rings. The van der Waals surface area contributed by atoms with Crippen LogP contribution in [-0.2, 0) is 23.8 Å². The Morgan fingerprint density at radius 1 is 1.39 bits per heavy atom. The van der Waals surface area contributed by atoms with Gasteiger partial charge < -0.3 is 14.2 Å². The molecule has 6 heteroatoms. The van der Waals surface area contributed by atoms with Gasteiger partial charge in [-0.2, -0.15) is 0 Å². The van der Waals surface area contributed by atoms with Gasteiger partial charge in [-0.05, 0) is 13.8 Å². The number of carbonyl (C=O) groups excluding carboxylic acids is 2. The molecule has 0 aromatic carbocycles. The number of halogens is 1. The van der Waals surface area contributed by atoms with E-state index in [0.717, 1.165) is 7.11 Å². The normalized spacial score (nSPS) is 48.3. The first kappa shape index (κ1) is 12.0. The van der Waals surface area contributed by atoms with E-state index in [4.69, 9.17) is 9.47 Å². The van der Waals surface area contributed by atoms with Crippen molar-refractivity contribution >= 4 is 11.8 Å². The fourth-order valence-electron chi connectivity index (χ4n) is 3.30. The lowest BCUT2D eigenvalue weighted by atomic mass is 10.0. The standard InChI is InChI=1S/C12H15FO5/c1-5-6(2)18-11(17-5)4-7(14)8-9(11)12(8,13)10(15)16-3/h5-6,8-9H,4H2,1-3H3/t5-,6-,8+,9+,12+/m1/s1. The van der Waals surface area contributed by atoms with Crippen LogP contribution >= 0.6 is 0 Å². The molecule has 100 valence electrons. The van der Waals surface area contributed by atoms with E-state index in [-0.39, 0.29) is 24.4 Å². The van der Waals surface area contributed by atoms with Gasteiger partial charge in [0.05, 0.1) is 37.6 Å². The van der Waals surface area contributed by atoms with E-state index in [0.29, 0.717) is 0 Å². The fraction of sp³-hybridized carbons (Fsp3) is 0.833. The maximum Gasteiger partial charge on any atom is 0.344 e. The first-order valence-electron chi connectivity index (χ1n) is 6.02. The average Bonchev–Trinajstić information content (AvgIpc) is 2.73. The highest BCUT2D eigenvalue weighted by Crippen LogP contribution is 2.68.